The second-order valence-corrected chi connectivity index (χ2v) is 8.82. The van der Waals surface area contributed by atoms with Gasteiger partial charge in [-0.15, -0.1) is 0 Å². The van der Waals surface area contributed by atoms with Crippen LogP contribution >= 0.6 is 23.2 Å². The summed E-state index contributed by atoms with van der Waals surface area (Å²) in [6.45, 7) is 7.99. The van der Waals surface area contributed by atoms with Gasteiger partial charge in [0, 0.05) is 47.6 Å². The van der Waals surface area contributed by atoms with Crippen molar-refractivity contribution in [3.8, 4) is 11.3 Å². The normalized spacial score (nSPS) is 12.6. The number of nitrogens with two attached hydrogens (primary N) is 1. The van der Waals surface area contributed by atoms with Crippen LogP contribution in [-0.4, -0.2) is 47.3 Å². The van der Waals surface area contributed by atoms with E-state index in [9.17, 15) is 9.59 Å². The summed E-state index contributed by atoms with van der Waals surface area (Å²) in [6.07, 6.45) is 0. The van der Waals surface area contributed by atoms with Crippen molar-refractivity contribution in [3.05, 3.63) is 69.1 Å². The SMILES string of the molecule is [C-]#[N+]c1ccc(NC(=O)N2CCn3nc(-c4cc(Cl)cc(N(C)C)c4)c(C(N)=O)c3C2)cc1Cl. The molecule has 3 N–H and O–H groups in total. The average Bonchev–Trinajstić information content (AvgIpc) is 3.18. The summed E-state index contributed by atoms with van der Waals surface area (Å²) in [5.74, 6) is -0.633. The number of primary amides is 1. The van der Waals surface area contributed by atoms with Crippen LogP contribution in [0.2, 0.25) is 10.0 Å². The van der Waals surface area contributed by atoms with Gasteiger partial charge in [0.2, 0.25) is 5.69 Å². The highest BCUT2D eigenvalue weighted by Gasteiger charge is 2.30. The van der Waals surface area contributed by atoms with Crippen molar-refractivity contribution in [1.29, 1.82) is 0 Å². The van der Waals surface area contributed by atoms with Crippen LogP contribution in [0.1, 0.15) is 16.1 Å². The molecule has 0 saturated carbocycles. The number of carbonyl (C=O) groups excluding carboxylic acids is 2. The van der Waals surface area contributed by atoms with Crippen molar-refractivity contribution in [2.24, 2.45) is 5.73 Å². The molecule has 4 rings (SSSR count). The number of benzene rings is 2. The minimum Gasteiger partial charge on any atom is -0.378 e. The van der Waals surface area contributed by atoms with Crippen molar-refractivity contribution >= 4 is 52.2 Å². The first-order chi connectivity index (χ1) is 16.2. The first-order valence-electron chi connectivity index (χ1n) is 10.3. The monoisotopic (exact) mass is 497 g/mol. The van der Waals surface area contributed by atoms with E-state index in [1.807, 2.05) is 31.1 Å². The van der Waals surface area contributed by atoms with Crippen molar-refractivity contribution in [1.82, 2.24) is 14.7 Å². The molecule has 3 amide bonds. The number of hydrogen-bond donors (Lipinski definition) is 2. The molecule has 0 spiro atoms. The van der Waals surface area contributed by atoms with E-state index in [1.165, 1.54) is 6.07 Å². The van der Waals surface area contributed by atoms with Crippen LogP contribution in [0, 0.1) is 6.57 Å². The second-order valence-electron chi connectivity index (χ2n) is 7.98. The van der Waals surface area contributed by atoms with Crippen LogP contribution < -0.4 is 16.0 Å². The summed E-state index contributed by atoms with van der Waals surface area (Å²) in [5.41, 5.74) is 9.28. The lowest BCUT2D eigenvalue weighted by Crippen LogP contribution is -2.41. The number of nitrogens with one attached hydrogen (secondary N) is 1. The molecular weight excluding hydrogens is 477 g/mol. The van der Waals surface area contributed by atoms with E-state index >= 15 is 0 Å². The molecule has 0 unspecified atom stereocenters. The van der Waals surface area contributed by atoms with E-state index in [0.29, 0.717) is 46.4 Å². The number of halogens is 2. The summed E-state index contributed by atoms with van der Waals surface area (Å²) in [7, 11) is 3.78. The molecule has 0 fully saturated rings. The predicted molar refractivity (Wildman–Crippen MR) is 133 cm³/mol. The number of carbonyl (C=O) groups is 2. The van der Waals surface area contributed by atoms with Crippen LogP contribution in [0.25, 0.3) is 16.1 Å². The van der Waals surface area contributed by atoms with Crippen LogP contribution in [0.3, 0.4) is 0 Å². The van der Waals surface area contributed by atoms with Gasteiger partial charge < -0.3 is 20.9 Å². The maximum absolute atomic E-state index is 12.9. The first-order valence-corrected chi connectivity index (χ1v) is 11.0. The molecule has 0 bridgehead atoms. The maximum Gasteiger partial charge on any atom is 0.322 e. The van der Waals surface area contributed by atoms with E-state index in [-0.39, 0.29) is 23.2 Å². The fourth-order valence-electron chi connectivity index (χ4n) is 3.80. The zero-order valence-corrected chi connectivity index (χ0v) is 20.0. The lowest BCUT2D eigenvalue weighted by atomic mass is 10.0. The van der Waals surface area contributed by atoms with E-state index in [0.717, 1.165) is 5.69 Å². The number of fused-ring (bicyclic) bond motifs is 1. The number of rotatable bonds is 4. The molecule has 0 aliphatic carbocycles. The summed E-state index contributed by atoms with van der Waals surface area (Å²) < 4.78 is 1.71. The topological polar surface area (TPSA) is 101 Å². The van der Waals surface area contributed by atoms with Gasteiger partial charge in [-0.1, -0.05) is 29.3 Å². The molecule has 2 aromatic carbocycles. The lowest BCUT2D eigenvalue weighted by Gasteiger charge is -2.28. The van der Waals surface area contributed by atoms with Gasteiger partial charge in [0.15, 0.2) is 0 Å². The predicted octanol–water partition coefficient (Wildman–Crippen LogP) is 4.62. The van der Waals surface area contributed by atoms with Gasteiger partial charge in [-0.2, -0.15) is 5.10 Å². The van der Waals surface area contributed by atoms with Crippen LogP contribution in [0.4, 0.5) is 21.9 Å². The Balaban J connectivity index is 1.64. The van der Waals surface area contributed by atoms with Crippen LogP contribution in [-0.2, 0) is 13.1 Å². The van der Waals surface area contributed by atoms with E-state index in [2.05, 4.69) is 15.3 Å². The van der Waals surface area contributed by atoms with Gasteiger partial charge in [-0.25, -0.2) is 9.64 Å². The van der Waals surface area contributed by atoms with Crippen LogP contribution in [0.5, 0.6) is 0 Å². The van der Waals surface area contributed by atoms with Gasteiger partial charge in [-0.3, -0.25) is 9.48 Å². The summed E-state index contributed by atoms with van der Waals surface area (Å²) >= 11 is 12.4. The fraction of sp³-hybridized carbons (Fsp3) is 0.217. The van der Waals surface area contributed by atoms with Gasteiger partial charge in [-0.05, 0) is 30.3 Å². The Morgan fingerprint density at radius 3 is 2.59 bits per heavy atom. The van der Waals surface area contributed by atoms with Gasteiger partial charge in [0.05, 0.1) is 30.9 Å². The van der Waals surface area contributed by atoms with E-state index < -0.39 is 5.91 Å². The third-order valence-electron chi connectivity index (χ3n) is 5.51. The Morgan fingerprint density at radius 2 is 1.94 bits per heavy atom. The zero-order chi connectivity index (χ0) is 24.6. The number of nitrogens with zero attached hydrogens (tertiary/aromatic N) is 5. The third-order valence-corrected chi connectivity index (χ3v) is 6.03. The lowest BCUT2D eigenvalue weighted by molar-refractivity contribution is 0.0997. The minimum absolute atomic E-state index is 0.145. The minimum atomic E-state index is -0.633. The summed E-state index contributed by atoms with van der Waals surface area (Å²) in [6, 6.07) is 9.74. The molecule has 1 aliphatic heterocycles. The Kier molecular flexibility index (Phi) is 6.37. The number of aromatic nitrogens is 2. The third kappa shape index (κ3) is 4.51. The first kappa shape index (κ1) is 23.4. The Labute approximate surface area is 206 Å². The second kappa shape index (κ2) is 9.25. The molecule has 2 heterocycles. The molecule has 0 radical (unpaired) electrons. The quantitative estimate of drug-likeness (QED) is 0.513. The van der Waals surface area contributed by atoms with Gasteiger partial charge >= 0.3 is 6.03 Å². The highest BCUT2D eigenvalue weighted by molar-refractivity contribution is 6.33. The molecule has 1 aliphatic rings. The smallest absolute Gasteiger partial charge is 0.322 e. The number of anilines is 2. The molecule has 174 valence electrons. The van der Waals surface area contributed by atoms with Crippen LogP contribution in [0.15, 0.2) is 36.4 Å². The van der Waals surface area contributed by atoms with Crippen molar-refractivity contribution in [2.45, 2.75) is 13.1 Å². The molecule has 11 heteroatoms. The van der Waals surface area contributed by atoms with Crippen molar-refractivity contribution < 1.29 is 9.59 Å². The molecule has 1 aromatic heterocycles. The van der Waals surface area contributed by atoms with Crippen molar-refractivity contribution in [2.75, 3.05) is 30.9 Å². The highest BCUT2D eigenvalue weighted by atomic mass is 35.5. The average molecular weight is 498 g/mol. The van der Waals surface area contributed by atoms with Gasteiger partial charge in [0.25, 0.3) is 5.91 Å². The van der Waals surface area contributed by atoms with E-state index in [4.69, 9.17) is 35.5 Å². The summed E-state index contributed by atoms with van der Waals surface area (Å²) in [4.78, 5) is 32.1. The summed E-state index contributed by atoms with van der Waals surface area (Å²) in [5, 5.41) is 8.17. The largest absolute Gasteiger partial charge is 0.378 e. The Bertz CT molecular complexity index is 1340. The zero-order valence-electron chi connectivity index (χ0n) is 18.5. The Morgan fingerprint density at radius 1 is 1.18 bits per heavy atom. The highest BCUT2D eigenvalue weighted by Crippen LogP contribution is 2.33. The number of hydrogen-bond acceptors (Lipinski definition) is 4. The molecule has 3 aromatic rings. The molecule has 0 atom stereocenters. The number of urea groups is 1. The Hall–Kier alpha value is -3.74. The maximum atomic E-state index is 12.9. The fourth-order valence-corrected chi connectivity index (χ4v) is 4.25. The molecular formula is C23H21Cl2N7O2. The number of amides is 3. The molecule has 9 nitrogen and oxygen atoms in total. The molecule has 0 saturated heterocycles. The molecule has 34 heavy (non-hydrogen) atoms. The van der Waals surface area contributed by atoms with Gasteiger partial charge in [0.1, 0.15) is 5.69 Å². The van der Waals surface area contributed by atoms with Crippen molar-refractivity contribution in [3.63, 3.8) is 0 Å². The standard InChI is InChI=1S/C23H21Cl2N7O2/c1-27-18-5-4-15(11-17(18)25)28-23(34)31-6-7-32-19(12-31)20(22(26)33)21(29-32)13-8-14(24)10-16(9-13)30(2)3/h4-5,8-11H,6-7,12H2,2-3H3,(H2,26,33)(H,28,34). The van der Waals surface area contributed by atoms with E-state index in [1.54, 1.807) is 27.8 Å².